The number of hydrogen-bond donors (Lipinski definition) is 0. The molecule has 0 atom stereocenters. The minimum absolute atomic E-state index is 0. The molecule has 67 valence electrons. The van der Waals surface area contributed by atoms with Crippen LogP contribution in [0.25, 0.3) is 0 Å². The van der Waals surface area contributed by atoms with Crippen LogP contribution in [0, 0.1) is 0 Å². The second-order valence-corrected chi connectivity index (χ2v) is 3.23. The Morgan fingerprint density at radius 2 is 2.25 bits per heavy atom. The molecule has 1 radical (unpaired) electrons. The number of aryl methyl sites for hydroxylation is 1. The van der Waals surface area contributed by atoms with E-state index in [2.05, 4.69) is 11.9 Å². The molecule has 0 aliphatic rings. The third-order valence-corrected chi connectivity index (χ3v) is 1.80. The molecule has 0 unspecified atom stereocenters. The monoisotopic (exact) mass is 375 g/mol. The molecule has 0 bridgehead atoms. The standard InChI is InChI=1S/C8H9NS2.Ir/c1-2-6-4-3-5-7(9-6)8(10)11;/h3-5H,2H2,1H3,(H,10,11);/p-1. The van der Waals surface area contributed by atoms with Crippen molar-refractivity contribution in [2.75, 3.05) is 0 Å². The van der Waals surface area contributed by atoms with Gasteiger partial charge in [0.05, 0.1) is 5.69 Å². The van der Waals surface area contributed by atoms with Crippen molar-refractivity contribution in [3.05, 3.63) is 29.6 Å². The van der Waals surface area contributed by atoms with Gasteiger partial charge in [0, 0.05) is 25.8 Å². The van der Waals surface area contributed by atoms with E-state index in [4.69, 9.17) is 24.8 Å². The summed E-state index contributed by atoms with van der Waals surface area (Å²) in [6.45, 7) is 2.05. The van der Waals surface area contributed by atoms with Gasteiger partial charge in [-0.3, -0.25) is 4.98 Å². The number of rotatable bonds is 2. The fourth-order valence-corrected chi connectivity index (χ4v) is 1.02. The first kappa shape index (κ1) is 12.1. The summed E-state index contributed by atoms with van der Waals surface area (Å²) >= 11 is 9.64. The molecule has 0 saturated carbocycles. The summed E-state index contributed by atoms with van der Waals surface area (Å²) in [5.41, 5.74) is 1.78. The predicted octanol–water partition coefficient (Wildman–Crippen LogP) is 1.86. The molecule has 0 aliphatic carbocycles. The zero-order valence-electron chi connectivity index (χ0n) is 6.54. The van der Waals surface area contributed by atoms with Crippen molar-refractivity contribution in [3.8, 4) is 0 Å². The van der Waals surface area contributed by atoms with Crippen LogP contribution in [0.3, 0.4) is 0 Å². The molecule has 0 spiro atoms. The summed E-state index contributed by atoms with van der Waals surface area (Å²) in [7, 11) is 0. The quantitative estimate of drug-likeness (QED) is 0.579. The van der Waals surface area contributed by atoms with E-state index in [-0.39, 0.29) is 20.1 Å². The minimum Gasteiger partial charge on any atom is -0.427 e. The maximum atomic E-state index is 4.82. The molecule has 1 aromatic heterocycles. The van der Waals surface area contributed by atoms with Crippen LogP contribution in [0.5, 0.6) is 0 Å². The third kappa shape index (κ3) is 3.23. The van der Waals surface area contributed by atoms with Gasteiger partial charge in [0.25, 0.3) is 0 Å². The third-order valence-electron chi connectivity index (χ3n) is 1.38. The average molecular weight is 375 g/mol. The van der Waals surface area contributed by atoms with Crippen LogP contribution in [-0.4, -0.2) is 9.18 Å². The van der Waals surface area contributed by atoms with Crippen LogP contribution in [0.2, 0.25) is 0 Å². The molecule has 4 heteroatoms. The van der Waals surface area contributed by atoms with Crippen LogP contribution < -0.4 is 0 Å². The first-order valence-corrected chi connectivity index (χ1v) is 4.23. The van der Waals surface area contributed by atoms with Crippen LogP contribution >= 0.6 is 12.2 Å². The molecule has 0 aromatic carbocycles. The van der Waals surface area contributed by atoms with Gasteiger partial charge in [-0.1, -0.05) is 13.0 Å². The summed E-state index contributed by atoms with van der Waals surface area (Å²) in [6, 6.07) is 5.74. The zero-order chi connectivity index (χ0) is 8.27. The second-order valence-electron chi connectivity index (χ2n) is 2.16. The van der Waals surface area contributed by atoms with Gasteiger partial charge in [0.2, 0.25) is 0 Å². The summed E-state index contributed by atoms with van der Waals surface area (Å²) in [5.74, 6) is 0. The zero-order valence-corrected chi connectivity index (χ0v) is 10.6. The van der Waals surface area contributed by atoms with Gasteiger partial charge < -0.3 is 24.8 Å². The maximum Gasteiger partial charge on any atom is 0.0511 e. The van der Waals surface area contributed by atoms with Gasteiger partial charge in [-0.25, -0.2) is 0 Å². The Bertz CT molecular complexity index is 276. The smallest absolute Gasteiger partial charge is 0.0511 e. The maximum absolute atomic E-state index is 4.82. The Kier molecular flexibility index (Phi) is 5.76. The number of nitrogens with zero attached hydrogens (tertiary/aromatic N) is 1. The molecular weight excluding hydrogens is 366 g/mol. The minimum atomic E-state index is 0. The molecule has 1 rings (SSSR count). The largest absolute Gasteiger partial charge is 0.427 e. The van der Waals surface area contributed by atoms with Gasteiger partial charge >= 0.3 is 0 Å². The van der Waals surface area contributed by atoms with Crippen LogP contribution in [0.4, 0.5) is 0 Å². The number of pyridine rings is 1. The Morgan fingerprint density at radius 3 is 2.75 bits per heavy atom. The van der Waals surface area contributed by atoms with Crippen molar-refractivity contribution in [1.82, 2.24) is 4.98 Å². The van der Waals surface area contributed by atoms with Crippen molar-refractivity contribution in [2.24, 2.45) is 0 Å². The van der Waals surface area contributed by atoms with E-state index >= 15 is 0 Å². The first-order chi connectivity index (χ1) is 5.24. The van der Waals surface area contributed by atoms with Crippen molar-refractivity contribution < 1.29 is 20.1 Å². The van der Waals surface area contributed by atoms with Gasteiger partial charge in [0.1, 0.15) is 0 Å². The van der Waals surface area contributed by atoms with E-state index < -0.39 is 0 Å². The normalized spacial score (nSPS) is 8.75. The van der Waals surface area contributed by atoms with E-state index in [1.54, 1.807) is 0 Å². The average Bonchev–Trinajstić information content (AvgIpc) is 2.05. The fraction of sp³-hybridized carbons (Fsp3) is 0.250. The van der Waals surface area contributed by atoms with E-state index in [0.717, 1.165) is 17.8 Å². The van der Waals surface area contributed by atoms with Crippen molar-refractivity contribution in [1.29, 1.82) is 0 Å². The predicted molar refractivity (Wildman–Crippen MR) is 52.7 cm³/mol. The molecule has 0 amide bonds. The van der Waals surface area contributed by atoms with Gasteiger partial charge in [0.15, 0.2) is 0 Å². The van der Waals surface area contributed by atoms with E-state index in [9.17, 15) is 0 Å². The van der Waals surface area contributed by atoms with Crippen LogP contribution in [-0.2, 0) is 39.2 Å². The number of hydrogen-bond acceptors (Lipinski definition) is 3. The van der Waals surface area contributed by atoms with E-state index in [1.165, 1.54) is 0 Å². The summed E-state index contributed by atoms with van der Waals surface area (Å²) in [4.78, 5) is 4.25. The van der Waals surface area contributed by atoms with Crippen molar-refractivity contribution >= 4 is 29.0 Å². The van der Waals surface area contributed by atoms with Crippen LogP contribution in [0.15, 0.2) is 18.2 Å². The Labute approximate surface area is 96.7 Å². The van der Waals surface area contributed by atoms with E-state index in [0.29, 0.717) is 4.20 Å². The molecule has 1 aromatic rings. The molecule has 0 saturated heterocycles. The van der Waals surface area contributed by atoms with Crippen molar-refractivity contribution in [3.63, 3.8) is 0 Å². The molecule has 0 fully saturated rings. The first-order valence-electron chi connectivity index (χ1n) is 3.41. The Balaban J connectivity index is 0.00000121. The molecule has 0 N–H and O–H groups in total. The molecular formula is C8H8IrNS2-. The fourth-order valence-electron chi connectivity index (χ4n) is 0.790. The van der Waals surface area contributed by atoms with Gasteiger partial charge in [-0.15, -0.1) is 4.20 Å². The second kappa shape index (κ2) is 5.70. The summed E-state index contributed by atoms with van der Waals surface area (Å²) in [6.07, 6.45) is 0.922. The SMILES string of the molecule is CCc1cccc(C(=S)[S-])n1.[Ir]. The Hall–Kier alpha value is 0.109. The van der Waals surface area contributed by atoms with Crippen molar-refractivity contribution in [2.45, 2.75) is 13.3 Å². The van der Waals surface area contributed by atoms with E-state index in [1.807, 2.05) is 18.2 Å². The number of aromatic nitrogens is 1. The molecule has 0 aliphatic heterocycles. The Morgan fingerprint density at radius 1 is 1.58 bits per heavy atom. The topological polar surface area (TPSA) is 12.9 Å². The van der Waals surface area contributed by atoms with Gasteiger partial charge in [-0.2, -0.15) is 0 Å². The molecule has 1 heterocycles. The summed E-state index contributed by atoms with van der Waals surface area (Å²) in [5, 5.41) is 0. The molecule has 1 nitrogen and oxygen atoms in total. The number of thiocarbonyl (C=S) groups is 1. The van der Waals surface area contributed by atoms with Gasteiger partial charge in [-0.05, 0) is 18.6 Å². The molecule has 12 heavy (non-hydrogen) atoms. The van der Waals surface area contributed by atoms with Crippen LogP contribution in [0.1, 0.15) is 18.3 Å². The summed E-state index contributed by atoms with van der Waals surface area (Å²) < 4.78 is 0.445.